The molecule has 2 aliphatic rings. The Morgan fingerprint density at radius 2 is 2.37 bits per heavy atom. The maximum atomic E-state index is 13.0. The fourth-order valence-electron chi connectivity index (χ4n) is 3.52. The van der Waals surface area contributed by atoms with Gasteiger partial charge in [0, 0.05) is 17.7 Å². The van der Waals surface area contributed by atoms with Gasteiger partial charge >= 0.3 is 0 Å². The second kappa shape index (κ2) is 4.17. The van der Waals surface area contributed by atoms with Gasteiger partial charge in [0.1, 0.15) is 6.67 Å². The third kappa shape index (κ3) is 1.70. The van der Waals surface area contributed by atoms with Crippen LogP contribution in [0.15, 0.2) is 40.2 Å². The minimum absolute atomic E-state index is 0.0973. The summed E-state index contributed by atoms with van der Waals surface area (Å²) in [5.74, 6) is 0.0973. The van der Waals surface area contributed by atoms with Crippen molar-refractivity contribution in [1.82, 2.24) is 4.98 Å². The third-order valence-electron chi connectivity index (χ3n) is 4.25. The van der Waals surface area contributed by atoms with E-state index in [1.54, 1.807) is 6.07 Å². The summed E-state index contributed by atoms with van der Waals surface area (Å²) in [4.78, 5) is 14.3. The molecule has 0 saturated carbocycles. The van der Waals surface area contributed by atoms with Gasteiger partial charge in [0.25, 0.3) is 0 Å². The lowest BCUT2D eigenvalue weighted by molar-refractivity contribution is 0.387. The second-order valence-electron chi connectivity index (χ2n) is 5.38. The summed E-state index contributed by atoms with van der Waals surface area (Å²) in [5, 5.41) is 0. The quantitative estimate of drug-likeness (QED) is 0.758. The van der Waals surface area contributed by atoms with Gasteiger partial charge in [0.2, 0.25) is 5.56 Å². The SMILES string of the molecule is CC=C1C2C=C(CF)CC1(N)c1ccc(=O)[nH]c1C2. The van der Waals surface area contributed by atoms with Crippen LogP contribution in [-0.4, -0.2) is 11.7 Å². The van der Waals surface area contributed by atoms with Gasteiger partial charge in [0.15, 0.2) is 0 Å². The molecule has 0 fully saturated rings. The van der Waals surface area contributed by atoms with Crippen molar-refractivity contribution in [2.45, 2.75) is 25.3 Å². The van der Waals surface area contributed by atoms with Gasteiger partial charge in [-0.1, -0.05) is 12.2 Å². The first-order chi connectivity index (χ1) is 9.08. The molecule has 2 bridgehead atoms. The average molecular weight is 260 g/mol. The second-order valence-corrected chi connectivity index (χ2v) is 5.38. The predicted molar refractivity (Wildman–Crippen MR) is 72.6 cm³/mol. The number of fused-ring (bicyclic) bond motifs is 4. The smallest absolute Gasteiger partial charge is 0.248 e. The zero-order chi connectivity index (χ0) is 13.6. The van der Waals surface area contributed by atoms with Gasteiger partial charge < -0.3 is 10.7 Å². The van der Waals surface area contributed by atoms with Crippen molar-refractivity contribution in [3.05, 3.63) is 57.0 Å². The standard InChI is InChI=1S/C15H17FN2O/c1-2-11-10-5-9(8-16)7-15(11,17)12-3-4-14(19)18-13(12)6-10/h2-5,10H,6-8,17H2,1H3,(H,18,19). The van der Waals surface area contributed by atoms with Crippen molar-refractivity contribution in [2.24, 2.45) is 11.7 Å². The molecule has 1 heterocycles. The van der Waals surface area contributed by atoms with E-state index < -0.39 is 12.2 Å². The number of aromatic amines is 1. The lowest BCUT2D eigenvalue weighted by atomic mass is 9.63. The lowest BCUT2D eigenvalue weighted by Crippen LogP contribution is -2.48. The minimum Gasteiger partial charge on any atom is -0.326 e. The van der Waals surface area contributed by atoms with E-state index in [0.29, 0.717) is 12.8 Å². The van der Waals surface area contributed by atoms with Crippen molar-refractivity contribution in [1.29, 1.82) is 0 Å². The number of pyridine rings is 1. The fraction of sp³-hybridized carbons (Fsp3) is 0.400. The van der Waals surface area contributed by atoms with Crippen LogP contribution in [0.3, 0.4) is 0 Å². The van der Waals surface area contributed by atoms with Gasteiger partial charge in [-0.3, -0.25) is 4.79 Å². The summed E-state index contributed by atoms with van der Waals surface area (Å²) < 4.78 is 13.0. The van der Waals surface area contributed by atoms with E-state index in [4.69, 9.17) is 5.73 Å². The van der Waals surface area contributed by atoms with Gasteiger partial charge in [0.05, 0.1) is 5.54 Å². The molecular formula is C15H17FN2O. The summed E-state index contributed by atoms with van der Waals surface area (Å²) in [7, 11) is 0. The summed E-state index contributed by atoms with van der Waals surface area (Å²) >= 11 is 0. The highest BCUT2D eigenvalue weighted by atomic mass is 19.1. The Hall–Kier alpha value is -1.68. The number of nitrogens with two attached hydrogens (primary N) is 1. The van der Waals surface area contributed by atoms with E-state index in [2.05, 4.69) is 4.98 Å². The Kier molecular flexibility index (Phi) is 2.71. The van der Waals surface area contributed by atoms with Crippen LogP contribution >= 0.6 is 0 Å². The highest BCUT2D eigenvalue weighted by Gasteiger charge is 2.44. The van der Waals surface area contributed by atoms with E-state index >= 15 is 0 Å². The molecule has 0 aliphatic heterocycles. The van der Waals surface area contributed by atoms with Crippen LogP contribution in [0.25, 0.3) is 0 Å². The van der Waals surface area contributed by atoms with Crippen LogP contribution in [0.5, 0.6) is 0 Å². The summed E-state index contributed by atoms with van der Waals surface area (Å²) in [6, 6.07) is 3.28. The molecule has 1 aromatic rings. The normalized spacial score (nSPS) is 31.0. The molecule has 2 unspecified atom stereocenters. The van der Waals surface area contributed by atoms with E-state index in [9.17, 15) is 9.18 Å². The van der Waals surface area contributed by atoms with Crippen molar-refractivity contribution in [2.75, 3.05) is 6.67 Å². The van der Waals surface area contributed by atoms with Crippen molar-refractivity contribution in [3.63, 3.8) is 0 Å². The van der Waals surface area contributed by atoms with Crippen LogP contribution in [0, 0.1) is 5.92 Å². The topological polar surface area (TPSA) is 58.9 Å². The fourth-order valence-corrected chi connectivity index (χ4v) is 3.52. The number of hydrogen-bond donors (Lipinski definition) is 2. The molecule has 3 N–H and O–H groups in total. The van der Waals surface area contributed by atoms with Crippen LogP contribution in [0.1, 0.15) is 24.6 Å². The molecule has 0 spiro atoms. The number of aromatic nitrogens is 1. The van der Waals surface area contributed by atoms with E-state index in [-0.39, 0.29) is 11.5 Å². The van der Waals surface area contributed by atoms with Gasteiger partial charge in [-0.15, -0.1) is 0 Å². The average Bonchev–Trinajstić information content (AvgIpc) is 2.37. The largest absolute Gasteiger partial charge is 0.326 e. The van der Waals surface area contributed by atoms with Gasteiger partial charge in [-0.05, 0) is 42.5 Å². The minimum atomic E-state index is -0.673. The molecule has 100 valence electrons. The van der Waals surface area contributed by atoms with Crippen LogP contribution < -0.4 is 11.3 Å². The molecule has 19 heavy (non-hydrogen) atoms. The number of alkyl halides is 1. The first-order valence-corrected chi connectivity index (χ1v) is 6.52. The van der Waals surface area contributed by atoms with Crippen molar-refractivity contribution >= 4 is 0 Å². The number of halogens is 1. The molecule has 0 aromatic carbocycles. The van der Waals surface area contributed by atoms with Crippen LogP contribution in [0.2, 0.25) is 0 Å². The Morgan fingerprint density at radius 1 is 1.58 bits per heavy atom. The molecule has 3 nitrogen and oxygen atoms in total. The number of allylic oxidation sites excluding steroid dienone is 2. The summed E-state index contributed by atoms with van der Waals surface area (Å²) in [5.41, 5.74) is 9.50. The number of H-pyrrole nitrogens is 1. The molecule has 2 atom stereocenters. The zero-order valence-corrected chi connectivity index (χ0v) is 10.9. The molecule has 4 heteroatoms. The Balaban J connectivity index is 2.24. The number of rotatable bonds is 1. The third-order valence-corrected chi connectivity index (χ3v) is 4.25. The van der Waals surface area contributed by atoms with Crippen LogP contribution in [0.4, 0.5) is 4.39 Å². The van der Waals surface area contributed by atoms with E-state index in [0.717, 1.165) is 22.4 Å². The van der Waals surface area contributed by atoms with E-state index in [1.807, 2.05) is 19.1 Å². The molecule has 0 amide bonds. The molecule has 0 radical (unpaired) electrons. The highest BCUT2D eigenvalue weighted by molar-refractivity contribution is 5.49. The predicted octanol–water partition coefficient (Wildman–Crippen LogP) is 1.95. The zero-order valence-electron chi connectivity index (χ0n) is 10.9. The maximum Gasteiger partial charge on any atom is 0.248 e. The van der Waals surface area contributed by atoms with Crippen LogP contribution in [-0.2, 0) is 12.0 Å². The maximum absolute atomic E-state index is 13.0. The number of hydrogen-bond acceptors (Lipinski definition) is 2. The molecule has 2 aliphatic carbocycles. The van der Waals surface area contributed by atoms with E-state index in [1.165, 1.54) is 6.07 Å². The first kappa shape index (κ1) is 12.4. The molecule has 1 aromatic heterocycles. The Bertz CT molecular complexity index is 644. The van der Waals surface area contributed by atoms with Crippen molar-refractivity contribution < 1.29 is 4.39 Å². The number of nitrogens with one attached hydrogen (secondary N) is 1. The molecule has 0 saturated heterocycles. The first-order valence-electron chi connectivity index (χ1n) is 6.52. The molecular weight excluding hydrogens is 243 g/mol. The monoisotopic (exact) mass is 260 g/mol. The van der Waals surface area contributed by atoms with Crippen molar-refractivity contribution in [3.8, 4) is 0 Å². The van der Waals surface area contributed by atoms with Gasteiger partial charge in [-0.25, -0.2) is 4.39 Å². The Morgan fingerprint density at radius 3 is 3.05 bits per heavy atom. The Labute approximate surface area is 111 Å². The highest BCUT2D eigenvalue weighted by Crippen LogP contribution is 2.47. The lowest BCUT2D eigenvalue weighted by Gasteiger charge is -2.45. The molecule has 3 rings (SSSR count). The summed E-state index contributed by atoms with van der Waals surface area (Å²) in [6.45, 7) is 1.51. The van der Waals surface area contributed by atoms with Gasteiger partial charge in [-0.2, -0.15) is 0 Å². The summed E-state index contributed by atoms with van der Waals surface area (Å²) in [6.07, 6.45) is 5.17.